The molecule has 0 rings (SSSR count). The highest BCUT2D eigenvalue weighted by atomic mass is 32.2. The Hall–Kier alpha value is -0.420. The van der Waals surface area contributed by atoms with Gasteiger partial charge in [-0.1, -0.05) is 6.42 Å². The van der Waals surface area contributed by atoms with E-state index >= 15 is 0 Å². The number of carbonyl (C=O) groups is 1. The van der Waals surface area contributed by atoms with E-state index in [-0.39, 0.29) is 6.42 Å². The zero-order valence-electron chi connectivity index (χ0n) is 7.12. The fourth-order valence-corrected chi connectivity index (χ4v) is 1.08. The van der Waals surface area contributed by atoms with Gasteiger partial charge < -0.3 is 5.11 Å². The standard InChI is InChI=1S/C7H14O4S/c1-12(10)11-6-4-2-3-5-7(8)9/h2-6H2,1H3,(H,8,9). The smallest absolute Gasteiger partial charge is 0.303 e. The van der Waals surface area contributed by atoms with Crippen molar-refractivity contribution in [2.24, 2.45) is 0 Å². The van der Waals surface area contributed by atoms with E-state index in [0.29, 0.717) is 13.0 Å². The first-order valence-corrected chi connectivity index (χ1v) is 5.29. The summed E-state index contributed by atoms with van der Waals surface area (Å²) >= 11 is -1.20. The minimum absolute atomic E-state index is 0.204. The van der Waals surface area contributed by atoms with Gasteiger partial charge in [-0.3, -0.25) is 8.98 Å². The van der Waals surface area contributed by atoms with Crippen LogP contribution in [-0.2, 0) is 20.1 Å². The molecular weight excluding hydrogens is 180 g/mol. The Bertz CT molecular complexity index is 139. The summed E-state index contributed by atoms with van der Waals surface area (Å²) < 4.78 is 15.2. The van der Waals surface area contributed by atoms with Crippen molar-refractivity contribution >= 4 is 17.0 Å². The number of unbranched alkanes of at least 4 members (excludes halogenated alkanes) is 2. The summed E-state index contributed by atoms with van der Waals surface area (Å²) in [4.78, 5) is 10.1. The van der Waals surface area contributed by atoms with E-state index in [0.717, 1.165) is 12.8 Å². The number of hydrogen-bond donors (Lipinski definition) is 1. The molecule has 0 radical (unpaired) electrons. The predicted octanol–water partition coefficient (Wildman–Crippen LogP) is 0.942. The molecule has 0 saturated carbocycles. The average Bonchev–Trinajstić information content (AvgIpc) is 1.95. The van der Waals surface area contributed by atoms with E-state index in [1.165, 1.54) is 6.26 Å². The average molecular weight is 194 g/mol. The van der Waals surface area contributed by atoms with Gasteiger partial charge in [0, 0.05) is 12.7 Å². The van der Waals surface area contributed by atoms with Gasteiger partial charge in [-0.2, -0.15) is 0 Å². The van der Waals surface area contributed by atoms with Gasteiger partial charge in [-0.15, -0.1) is 0 Å². The summed E-state index contributed by atoms with van der Waals surface area (Å²) in [6, 6.07) is 0. The lowest BCUT2D eigenvalue weighted by Gasteiger charge is -1.98. The molecule has 0 aromatic heterocycles. The lowest BCUT2D eigenvalue weighted by atomic mass is 10.2. The largest absolute Gasteiger partial charge is 0.481 e. The van der Waals surface area contributed by atoms with Crippen molar-refractivity contribution in [3.63, 3.8) is 0 Å². The van der Waals surface area contributed by atoms with Gasteiger partial charge in [-0.05, 0) is 12.8 Å². The first-order chi connectivity index (χ1) is 5.63. The monoisotopic (exact) mass is 194 g/mol. The van der Waals surface area contributed by atoms with Crippen molar-refractivity contribution in [3.05, 3.63) is 0 Å². The first kappa shape index (κ1) is 11.6. The molecule has 72 valence electrons. The van der Waals surface area contributed by atoms with Crippen LogP contribution in [0.5, 0.6) is 0 Å². The third kappa shape index (κ3) is 9.58. The summed E-state index contributed by atoms with van der Waals surface area (Å²) in [5.41, 5.74) is 0. The molecule has 0 fully saturated rings. The SMILES string of the molecule is CS(=O)OCCCCCC(=O)O. The lowest BCUT2D eigenvalue weighted by Crippen LogP contribution is -1.98. The highest BCUT2D eigenvalue weighted by Gasteiger charge is 1.96. The highest BCUT2D eigenvalue weighted by molar-refractivity contribution is 7.79. The third-order valence-corrected chi connectivity index (χ3v) is 1.78. The number of rotatable bonds is 7. The molecule has 0 saturated heterocycles. The topological polar surface area (TPSA) is 63.6 Å². The van der Waals surface area contributed by atoms with Gasteiger partial charge in [0.15, 0.2) is 11.1 Å². The minimum Gasteiger partial charge on any atom is -0.481 e. The van der Waals surface area contributed by atoms with Crippen molar-refractivity contribution < 1.29 is 18.3 Å². The van der Waals surface area contributed by atoms with Crippen LogP contribution in [0.4, 0.5) is 0 Å². The molecule has 0 bridgehead atoms. The molecule has 0 aliphatic carbocycles. The molecule has 0 aliphatic heterocycles. The van der Waals surface area contributed by atoms with Crippen molar-refractivity contribution in [3.8, 4) is 0 Å². The molecule has 0 spiro atoms. The van der Waals surface area contributed by atoms with Crippen LogP contribution in [0, 0.1) is 0 Å². The van der Waals surface area contributed by atoms with Crippen LogP contribution in [0.3, 0.4) is 0 Å². The Kier molecular flexibility index (Phi) is 6.99. The Morgan fingerprint density at radius 2 is 2.08 bits per heavy atom. The number of carboxylic acid groups (broad SMARTS) is 1. The van der Waals surface area contributed by atoms with Gasteiger partial charge in [0.25, 0.3) is 0 Å². The van der Waals surface area contributed by atoms with E-state index < -0.39 is 17.0 Å². The molecule has 0 aromatic carbocycles. The van der Waals surface area contributed by atoms with Crippen LogP contribution in [-0.4, -0.2) is 28.1 Å². The van der Waals surface area contributed by atoms with Crippen LogP contribution in [0.1, 0.15) is 25.7 Å². The number of aliphatic carboxylic acids is 1. The zero-order valence-corrected chi connectivity index (χ0v) is 7.93. The van der Waals surface area contributed by atoms with Gasteiger partial charge in [-0.25, -0.2) is 4.21 Å². The maximum Gasteiger partial charge on any atom is 0.303 e. The van der Waals surface area contributed by atoms with Crippen molar-refractivity contribution in [1.29, 1.82) is 0 Å². The van der Waals surface area contributed by atoms with E-state index in [1.54, 1.807) is 0 Å². The summed E-state index contributed by atoms with van der Waals surface area (Å²) in [6.45, 7) is 0.447. The molecule has 0 aliphatic rings. The second-order valence-electron chi connectivity index (χ2n) is 2.43. The summed E-state index contributed by atoms with van der Waals surface area (Å²) in [7, 11) is 0. The minimum atomic E-state index is -1.20. The van der Waals surface area contributed by atoms with Gasteiger partial charge >= 0.3 is 5.97 Å². The van der Waals surface area contributed by atoms with E-state index in [9.17, 15) is 9.00 Å². The van der Waals surface area contributed by atoms with Crippen molar-refractivity contribution in [2.75, 3.05) is 12.9 Å². The summed E-state index contributed by atoms with van der Waals surface area (Å²) in [6.07, 6.45) is 3.91. The zero-order chi connectivity index (χ0) is 9.40. The molecule has 0 heterocycles. The van der Waals surface area contributed by atoms with Gasteiger partial charge in [0.2, 0.25) is 0 Å². The van der Waals surface area contributed by atoms with Crippen LogP contribution < -0.4 is 0 Å². The molecule has 5 heteroatoms. The highest BCUT2D eigenvalue weighted by Crippen LogP contribution is 2.00. The first-order valence-electron chi connectivity index (χ1n) is 3.81. The maximum atomic E-state index is 10.4. The van der Waals surface area contributed by atoms with Crippen LogP contribution in [0.25, 0.3) is 0 Å². The Morgan fingerprint density at radius 3 is 2.58 bits per heavy atom. The van der Waals surface area contributed by atoms with Gasteiger partial charge in [0.05, 0.1) is 6.61 Å². The lowest BCUT2D eigenvalue weighted by molar-refractivity contribution is -0.137. The van der Waals surface area contributed by atoms with Crippen LogP contribution in [0.15, 0.2) is 0 Å². The fourth-order valence-electron chi connectivity index (χ4n) is 0.731. The summed E-state index contributed by atoms with van der Waals surface area (Å²) in [5.74, 6) is -0.769. The summed E-state index contributed by atoms with van der Waals surface area (Å²) in [5, 5.41) is 8.28. The van der Waals surface area contributed by atoms with E-state index in [4.69, 9.17) is 9.29 Å². The van der Waals surface area contributed by atoms with Crippen LogP contribution in [0.2, 0.25) is 0 Å². The second kappa shape index (κ2) is 7.24. The van der Waals surface area contributed by atoms with Crippen molar-refractivity contribution in [1.82, 2.24) is 0 Å². The van der Waals surface area contributed by atoms with Crippen molar-refractivity contribution in [2.45, 2.75) is 25.7 Å². The van der Waals surface area contributed by atoms with E-state index in [1.807, 2.05) is 0 Å². The maximum absolute atomic E-state index is 10.4. The Balaban J connectivity index is 3.01. The molecule has 0 aromatic rings. The molecular formula is C7H14O4S. The molecule has 12 heavy (non-hydrogen) atoms. The number of hydrogen-bond acceptors (Lipinski definition) is 3. The van der Waals surface area contributed by atoms with Gasteiger partial charge in [0.1, 0.15) is 0 Å². The number of carboxylic acids is 1. The predicted molar refractivity (Wildman–Crippen MR) is 46.1 cm³/mol. The van der Waals surface area contributed by atoms with Crippen LogP contribution >= 0.6 is 0 Å². The molecule has 0 amide bonds. The normalized spacial score (nSPS) is 12.8. The third-order valence-electron chi connectivity index (χ3n) is 1.28. The molecule has 4 nitrogen and oxygen atoms in total. The second-order valence-corrected chi connectivity index (χ2v) is 3.47. The fraction of sp³-hybridized carbons (Fsp3) is 0.857. The Morgan fingerprint density at radius 1 is 1.42 bits per heavy atom. The Labute approximate surface area is 74.6 Å². The molecule has 1 unspecified atom stereocenters. The quantitative estimate of drug-likeness (QED) is 0.613. The molecule has 1 N–H and O–H groups in total. The molecule has 1 atom stereocenters. The van der Waals surface area contributed by atoms with E-state index in [2.05, 4.69) is 0 Å².